The number of carbonyl (C=O) groups excluding carboxylic acids is 1. The maximum Gasteiger partial charge on any atom is 0.236 e. The SMILES string of the molecule is Cc1ccnc2c1CN(CCN(C)C(=O)CN(C)C)CC2. The smallest absolute Gasteiger partial charge is 0.236 e. The third-order valence-electron chi connectivity index (χ3n) is 4.05. The van der Waals surface area contributed by atoms with E-state index in [4.69, 9.17) is 0 Å². The molecule has 1 aromatic rings. The Labute approximate surface area is 127 Å². The summed E-state index contributed by atoms with van der Waals surface area (Å²) in [5.41, 5.74) is 3.93. The number of hydrogen-bond donors (Lipinski definition) is 0. The summed E-state index contributed by atoms with van der Waals surface area (Å²) in [6.45, 7) is 6.30. The summed E-state index contributed by atoms with van der Waals surface area (Å²) in [5, 5.41) is 0. The van der Waals surface area contributed by atoms with E-state index in [0.29, 0.717) is 6.54 Å². The van der Waals surface area contributed by atoms with Crippen LogP contribution in [0.5, 0.6) is 0 Å². The van der Waals surface area contributed by atoms with Crippen molar-refractivity contribution in [2.45, 2.75) is 19.9 Å². The molecule has 5 heteroatoms. The monoisotopic (exact) mass is 290 g/mol. The average Bonchev–Trinajstić information content (AvgIpc) is 2.44. The number of hydrogen-bond acceptors (Lipinski definition) is 4. The van der Waals surface area contributed by atoms with Crippen molar-refractivity contribution in [3.05, 3.63) is 29.1 Å². The lowest BCUT2D eigenvalue weighted by Crippen LogP contribution is -2.41. The molecule has 0 N–H and O–H groups in total. The molecule has 0 aromatic carbocycles. The fraction of sp³-hybridized carbons (Fsp3) is 0.625. The predicted octanol–water partition coefficient (Wildman–Crippen LogP) is 0.768. The molecule has 0 saturated carbocycles. The van der Waals surface area contributed by atoms with E-state index in [1.54, 1.807) is 0 Å². The van der Waals surface area contributed by atoms with Gasteiger partial charge in [0.2, 0.25) is 5.91 Å². The van der Waals surface area contributed by atoms with Crippen molar-refractivity contribution in [1.29, 1.82) is 0 Å². The minimum Gasteiger partial charge on any atom is -0.343 e. The van der Waals surface area contributed by atoms with Gasteiger partial charge < -0.3 is 9.80 Å². The Morgan fingerprint density at radius 3 is 2.86 bits per heavy atom. The van der Waals surface area contributed by atoms with Gasteiger partial charge in [0.1, 0.15) is 0 Å². The van der Waals surface area contributed by atoms with E-state index in [2.05, 4.69) is 22.9 Å². The summed E-state index contributed by atoms with van der Waals surface area (Å²) in [4.78, 5) is 22.6. The van der Waals surface area contributed by atoms with Gasteiger partial charge in [0.05, 0.1) is 6.54 Å². The first-order valence-corrected chi connectivity index (χ1v) is 7.51. The molecule has 1 aromatic heterocycles. The van der Waals surface area contributed by atoms with E-state index in [0.717, 1.165) is 32.6 Å². The molecule has 2 heterocycles. The highest BCUT2D eigenvalue weighted by atomic mass is 16.2. The quantitative estimate of drug-likeness (QED) is 0.803. The molecule has 21 heavy (non-hydrogen) atoms. The standard InChI is InChI=1S/C16H26N4O/c1-13-5-7-17-15-6-8-20(11-14(13)15)10-9-19(4)16(21)12-18(2)3/h5,7H,6,8-12H2,1-4H3. The number of aryl methyl sites for hydroxylation is 1. The second kappa shape index (κ2) is 7.00. The molecular weight excluding hydrogens is 264 g/mol. The van der Waals surface area contributed by atoms with Crippen molar-refractivity contribution in [3.63, 3.8) is 0 Å². The van der Waals surface area contributed by atoms with Gasteiger partial charge in [-0.3, -0.25) is 14.7 Å². The lowest BCUT2D eigenvalue weighted by atomic mass is 10.0. The van der Waals surface area contributed by atoms with Crippen LogP contribution in [0.3, 0.4) is 0 Å². The molecule has 2 rings (SSSR count). The van der Waals surface area contributed by atoms with Crippen LogP contribution in [0.25, 0.3) is 0 Å². The summed E-state index contributed by atoms with van der Waals surface area (Å²) in [5.74, 6) is 0.176. The second-order valence-corrected chi connectivity index (χ2v) is 6.13. The van der Waals surface area contributed by atoms with E-state index in [1.165, 1.54) is 16.8 Å². The van der Waals surface area contributed by atoms with Gasteiger partial charge in [0.15, 0.2) is 0 Å². The maximum atomic E-state index is 11.9. The molecule has 0 bridgehead atoms. The molecule has 1 aliphatic heterocycles. The lowest BCUT2D eigenvalue weighted by Gasteiger charge is -2.30. The predicted molar refractivity (Wildman–Crippen MR) is 84.1 cm³/mol. The Morgan fingerprint density at radius 2 is 2.14 bits per heavy atom. The fourth-order valence-corrected chi connectivity index (χ4v) is 2.64. The van der Waals surface area contributed by atoms with Gasteiger partial charge in [-0.2, -0.15) is 0 Å². The first kappa shape index (κ1) is 15.9. The first-order valence-electron chi connectivity index (χ1n) is 7.51. The van der Waals surface area contributed by atoms with Gasteiger partial charge in [0.25, 0.3) is 0 Å². The molecule has 1 aliphatic rings. The Morgan fingerprint density at radius 1 is 1.38 bits per heavy atom. The van der Waals surface area contributed by atoms with Gasteiger partial charge in [-0.1, -0.05) is 0 Å². The van der Waals surface area contributed by atoms with Crippen molar-refractivity contribution in [3.8, 4) is 0 Å². The third kappa shape index (κ3) is 4.25. The number of aromatic nitrogens is 1. The topological polar surface area (TPSA) is 39.7 Å². The molecule has 116 valence electrons. The Bertz CT molecular complexity index is 501. The molecule has 5 nitrogen and oxygen atoms in total. The number of likely N-dealkylation sites (N-methyl/N-ethyl adjacent to an activating group) is 2. The van der Waals surface area contributed by atoms with Gasteiger partial charge in [0, 0.05) is 51.5 Å². The van der Waals surface area contributed by atoms with Crippen molar-refractivity contribution in [2.75, 3.05) is 47.3 Å². The van der Waals surface area contributed by atoms with Crippen molar-refractivity contribution < 1.29 is 4.79 Å². The van der Waals surface area contributed by atoms with Crippen LogP contribution in [0.4, 0.5) is 0 Å². The van der Waals surface area contributed by atoms with Crippen LogP contribution in [-0.4, -0.2) is 72.9 Å². The highest BCUT2D eigenvalue weighted by molar-refractivity contribution is 5.77. The Hall–Kier alpha value is -1.46. The van der Waals surface area contributed by atoms with Crippen LogP contribution in [0.15, 0.2) is 12.3 Å². The molecule has 0 aliphatic carbocycles. The van der Waals surface area contributed by atoms with E-state index < -0.39 is 0 Å². The number of pyridine rings is 1. The minimum atomic E-state index is 0.176. The summed E-state index contributed by atoms with van der Waals surface area (Å²) in [7, 11) is 5.72. The van der Waals surface area contributed by atoms with E-state index in [1.807, 2.05) is 37.1 Å². The molecule has 0 saturated heterocycles. The summed E-state index contributed by atoms with van der Waals surface area (Å²) in [6, 6.07) is 2.08. The van der Waals surface area contributed by atoms with Crippen LogP contribution < -0.4 is 0 Å². The minimum absolute atomic E-state index is 0.176. The number of carbonyl (C=O) groups is 1. The first-order chi connectivity index (χ1) is 9.97. The van der Waals surface area contributed by atoms with Crippen LogP contribution in [0, 0.1) is 6.92 Å². The van der Waals surface area contributed by atoms with E-state index >= 15 is 0 Å². The van der Waals surface area contributed by atoms with E-state index in [-0.39, 0.29) is 5.91 Å². The Kier molecular flexibility index (Phi) is 5.31. The molecule has 0 spiro atoms. The van der Waals surface area contributed by atoms with Crippen LogP contribution in [0.2, 0.25) is 0 Å². The number of rotatable bonds is 5. The van der Waals surface area contributed by atoms with Gasteiger partial charge in [-0.25, -0.2) is 0 Å². The Balaban J connectivity index is 1.86. The largest absolute Gasteiger partial charge is 0.343 e. The molecule has 1 amide bonds. The van der Waals surface area contributed by atoms with Crippen LogP contribution in [0.1, 0.15) is 16.8 Å². The summed E-state index contributed by atoms with van der Waals surface area (Å²) in [6.07, 6.45) is 2.91. The van der Waals surface area contributed by atoms with Crippen molar-refractivity contribution >= 4 is 5.91 Å². The summed E-state index contributed by atoms with van der Waals surface area (Å²) >= 11 is 0. The fourth-order valence-electron chi connectivity index (χ4n) is 2.64. The van der Waals surface area contributed by atoms with Crippen LogP contribution >= 0.6 is 0 Å². The highest BCUT2D eigenvalue weighted by Crippen LogP contribution is 2.19. The van der Waals surface area contributed by atoms with Crippen molar-refractivity contribution in [2.24, 2.45) is 0 Å². The highest BCUT2D eigenvalue weighted by Gasteiger charge is 2.19. The molecule has 0 fully saturated rings. The third-order valence-corrected chi connectivity index (χ3v) is 4.05. The van der Waals surface area contributed by atoms with E-state index in [9.17, 15) is 4.79 Å². The zero-order valence-electron chi connectivity index (χ0n) is 13.6. The van der Waals surface area contributed by atoms with Gasteiger partial charge in [-0.15, -0.1) is 0 Å². The normalized spacial score (nSPS) is 15.1. The van der Waals surface area contributed by atoms with Crippen LogP contribution in [-0.2, 0) is 17.8 Å². The second-order valence-electron chi connectivity index (χ2n) is 6.13. The molecule has 0 atom stereocenters. The molecule has 0 unspecified atom stereocenters. The zero-order chi connectivity index (χ0) is 15.4. The molecular formula is C16H26N4O. The number of amides is 1. The maximum absolute atomic E-state index is 11.9. The van der Waals surface area contributed by atoms with Gasteiger partial charge in [-0.05, 0) is 38.2 Å². The van der Waals surface area contributed by atoms with Gasteiger partial charge >= 0.3 is 0 Å². The average molecular weight is 290 g/mol. The summed E-state index contributed by atoms with van der Waals surface area (Å²) < 4.78 is 0. The lowest BCUT2D eigenvalue weighted by molar-refractivity contribution is -0.130. The number of fused-ring (bicyclic) bond motifs is 1. The van der Waals surface area contributed by atoms with Crippen molar-refractivity contribution in [1.82, 2.24) is 19.7 Å². The number of nitrogens with zero attached hydrogens (tertiary/aromatic N) is 4. The zero-order valence-corrected chi connectivity index (χ0v) is 13.6. The molecule has 0 radical (unpaired) electrons.